The molecule has 0 unspecified atom stereocenters. The number of carbonyl (C=O) groups excluding carboxylic acids is 1. The molecule has 7 heteroatoms. The van der Waals surface area contributed by atoms with Crippen LogP contribution in [0.4, 0.5) is 5.69 Å². The lowest BCUT2D eigenvalue weighted by Gasteiger charge is -2.16. The zero-order valence-electron chi connectivity index (χ0n) is 18.8. The molecule has 2 aromatic carbocycles. The summed E-state index contributed by atoms with van der Waals surface area (Å²) in [4.78, 5) is 24.7. The van der Waals surface area contributed by atoms with Crippen molar-refractivity contribution in [3.05, 3.63) is 81.8 Å². The number of pyridine rings is 1. The molecule has 0 bridgehead atoms. The number of carbonyl (C=O) groups is 1. The number of ether oxygens (including phenoxy) is 3. The van der Waals surface area contributed by atoms with E-state index in [4.69, 9.17) is 14.2 Å². The van der Waals surface area contributed by atoms with Crippen LogP contribution in [-0.4, -0.2) is 30.8 Å². The quantitative estimate of drug-likeness (QED) is 0.551. The van der Waals surface area contributed by atoms with Gasteiger partial charge in [0.15, 0.2) is 12.4 Å². The molecule has 1 amide bonds. The van der Waals surface area contributed by atoms with Crippen molar-refractivity contribution in [3.8, 4) is 17.2 Å². The van der Waals surface area contributed by atoms with Gasteiger partial charge in [0, 0.05) is 18.0 Å². The van der Waals surface area contributed by atoms with Gasteiger partial charge in [-0.3, -0.25) is 9.59 Å². The number of hydrogen-bond acceptors (Lipinski definition) is 5. The van der Waals surface area contributed by atoms with Gasteiger partial charge in [-0.25, -0.2) is 0 Å². The van der Waals surface area contributed by atoms with Crippen LogP contribution in [0.2, 0.25) is 0 Å². The van der Waals surface area contributed by atoms with Gasteiger partial charge < -0.3 is 24.1 Å². The summed E-state index contributed by atoms with van der Waals surface area (Å²) in [6.45, 7) is 6.33. The molecule has 0 atom stereocenters. The highest BCUT2D eigenvalue weighted by molar-refractivity contribution is 5.92. The predicted octanol–water partition coefficient (Wildman–Crippen LogP) is 3.88. The van der Waals surface area contributed by atoms with Crippen LogP contribution in [0.3, 0.4) is 0 Å². The van der Waals surface area contributed by atoms with Crippen LogP contribution < -0.4 is 25.0 Å². The summed E-state index contributed by atoms with van der Waals surface area (Å²) in [6, 6.07) is 14.6. The Kier molecular flexibility index (Phi) is 7.54. The van der Waals surface area contributed by atoms with Gasteiger partial charge >= 0.3 is 0 Å². The predicted molar refractivity (Wildman–Crippen MR) is 124 cm³/mol. The van der Waals surface area contributed by atoms with E-state index in [2.05, 4.69) is 5.32 Å². The molecule has 7 nitrogen and oxygen atoms in total. The van der Waals surface area contributed by atoms with Crippen molar-refractivity contribution in [1.29, 1.82) is 0 Å². The molecule has 0 radical (unpaired) electrons. The van der Waals surface area contributed by atoms with E-state index in [9.17, 15) is 9.59 Å². The van der Waals surface area contributed by atoms with E-state index < -0.39 is 0 Å². The molecular formula is C25H28N2O5. The minimum atomic E-state index is -0.323. The van der Waals surface area contributed by atoms with Crippen molar-refractivity contribution in [3.63, 3.8) is 0 Å². The highest BCUT2D eigenvalue weighted by Gasteiger charge is 2.12. The summed E-state index contributed by atoms with van der Waals surface area (Å²) < 4.78 is 18.4. The number of anilines is 1. The van der Waals surface area contributed by atoms with Crippen molar-refractivity contribution in [2.75, 3.05) is 25.6 Å². The molecule has 1 N–H and O–H groups in total. The first-order valence-corrected chi connectivity index (χ1v) is 10.3. The van der Waals surface area contributed by atoms with E-state index in [1.807, 2.05) is 60.9 Å². The first-order valence-electron chi connectivity index (χ1n) is 10.3. The Labute approximate surface area is 187 Å². The third-order valence-corrected chi connectivity index (χ3v) is 5.06. The maximum Gasteiger partial charge on any atom is 0.262 e. The van der Waals surface area contributed by atoms with Gasteiger partial charge in [0.2, 0.25) is 5.43 Å². The zero-order valence-corrected chi connectivity index (χ0v) is 18.8. The van der Waals surface area contributed by atoms with Gasteiger partial charge in [-0.2, -0.15) is 0 Å². The van der Waals surface area contributed by atoms with Crippen molar-refractivity contribution < 1.29 is 19.0 Å². The molecule has 0 saturated carbocycles. The van der Waals surface area contributed by atoms with E-state index in [0.29, 0.717) is 18.8 Å². The number of nitrogens with one attached hydrogen (secondary N) is 1. The van der Waals surface area contributed by atoms with Crippen LogP contribution >= 0.6 is 0 Å². The Bertz CT molecular complexity index is 1140. The lowest BCUT2D eigenvalue weighted by Crippen LogP contribution is -2.24. The molecule has 3 aromatic rings. The number of methoxy groups -OCH3 is 1. The van der Waals surface area contributed by atoms with E-state index in [1.165, 1.54) is 6.07 Å². The lowest BCUT2D eigenvalue weighted by molar-refractivity contribution is -0.118. The molecule has 168 valence electrons. The minimum absolute atomic E-state index is 0.160. The van der Waals surface area contributed by atoms with Gasteiger partial charge in [0.05, 0.1) is 19.3 Å². The molecule has 0 aliphatic heterocycles. The highest BCUT2D eigenvalue weighted by atomic mass is 16.5. The highest BCUT2D eigenvalue weighted by Crippen LogP contribution is 2.18. The summed E-state index contributed by atoms with van der Waals surface area (Å²) in [5.74, 6) is 1.32. The Balaban J connectivity index is 1.59. The molecular weight excluding hydrogens is 408 g/mol. The molecule has 1 heterocycles. The number of hydrogen-bond donors (Lipinski definition) is 1. The van der Waals surface area contributed by atoms with Crippen molar-refractivity contribution in [1.82, 2.24) is 4.57 Å². The topological polar surface area (TPSA) is 78.8 Å². The van der Waals surface area contributed by atoms with E-state index in [0.717, 1.165) is 28.3 Å². The first-order chi connectivity index (χ1) is 15.4. The van der Waals surface area contributed by atoms with Crippen LogP contribution in [0.25, 0.3) is 0 Å². The Hall–Kier alpha value is -3.74. The monoisotopic (exact) mass is 436 g/mol. The number of benzene rings is 2. The lowest BCUT2D eigenvalue weighted by atomic mass is 10.1. The number of aryl methyl sites for hydroxylation is 2. The molecule has 0 spiro atoms. The van der Waals surface area contributed by atoms with Crippen LogP contribution in [0, 0.1) is 20.8 Å². The van der Waals surface area contributed by atoms with Crippen LogP contribution in [-0.2, 0) is 11.3 Å². The molecule has 0 fully saturated rings. The van der Waals surface area contributed by atoms with Gasteiger partial charge in [0.25, 0.3) is 5.91 Å². The normalized spacial score (nSPS) is 10.5. The average molecular weight is 437 g/mol. The zero-order chi connectivity index (χ0) is 23.1. The smallest absolute Gasteiger partial charge is 0.262 e. The van der Waals surface area contributed by atoms with E-state index in [1.54, 1.807) is 20.2 Å². The maximum atomic E-state index is 12.4. The third kappa shape index (κ3) is 5.91. The summed E-state index contributed by atoms with van der Waals surface area (Å²) in [6.07, 6.45) is 1.69. The third-order valence-electron chi connectivity index (χ3n) is 5.06. The average Bonchev–Trinajstić information content (AvgIpc) is 2.78. The maximum absolute atomic E-state index is 12.4. The van der Waals surface area contributed by atoms with Crippen LogP contribution in [0.15, 0.2) is 59.5 Å². The van der Waals surface area contributed by atoms with Gasteiger partial charge in [-0.1, -0.05) is 12.1 Å². The van der Waals surface area contributed by atoms with Gasteiger partial charge in [-0.05, 0) is 62.2 Å². The van der Waals surface area contributed by atoms with Gasteiger partial charge in [0.1, 0.15) is 18.1 Å². The molecule has 0 aliphatic rings. The van der Waals surface area contributed by atoms with Crippen molar-refractivity contribution >= 4 is 11.6 Å². The van der Waals surface area contributed by atoms with Crippen LogP contribution in [0.1, 0.15) is 16.8 Å². The Morgan fingerprint density at radius 3 is 2.41 bits per heavy atom. The number of aromatic nitrogens is 1. The summed E-state index contributed by atoms with van der Waals surface area (Å²) in [5, 5.41) is 2.83. The molecule has 0 saturated heterocycles. The summed E-state index contributed by atoms with van der Waals surface area (Å²) >= 11 is 0. The van der Waals surface area contributed by atoms with Crippen molar-refractivity contribution in [2.45, 2.75) is 27.3 Å². The molecule has 3 rings (SSSR count). The van der Waals surface area contributed by atoms with Gasteiger partial charge in [-0.15, -0.1) is 0 Å². The second-order valence-electron chi connectivity index (χ2n) is 7.47. The molecule has 1 aromatic heterocycles. The second kappa shape index (κ2) is 10.5. The largest absolute Gasteiger partial charge is 0.497 e. The summed E-state index contributed by atoms with van der Waals surface area (Å²) in [5.41, 5.74) is 3.10. The summed E-state index contributed by atoms with van der Waals surface area (Å²) in [7, 11) is 1.61. The molecule has 0 aliphatic carbocycles. The number of rotatable bonds is 9. The van der Waals surface area contributed by atoms with E-state index in [-0.39, 0.29) is 23.7 Å². The fourth-order valence-corrected chi connectivity index (χ4v) is 3.20. The second-order valence-corrected chi connectivity index (χ2v) is 7.47. The van der Waals surface area contributed by atoms with E-state index >= 15 is 0 Å². The Morgan fingerprint density at radius 1 is 0.969 bits per heavy atom. The number of nitrogens with zero attached hydrogens (tertiary/aromatic N) is 1. The SMILES string of the molecule is COc1ccc(OCCn2ccc(=O)c(OCC(=O)Nc3cc(C)ccc3C)c2C)cc1. The fourth-order valence-electron chi connectivity index (χ4n) is 3.20. The standard InChI is InChI=1S/C25H28N2O5/c1-17-5-6-18(2)22(15-17)26-24(29)16-32-25-19(3)27(12-11-23(25)28)13-14-31-21-9-7-20(30-4)8-10-21/h5-12,15H,13-14,16H2,1-4H3,(H,26,29). The van der Waals surface area contributed by atoms with Crippen molar-refractivity contribution in [2.24, 2.45) is 0 Å². The fraction of sp³-hybridized carbons (Fsp3) is 0.280. The first kappa shape index (κ1) is 22.9. The number of amides is 1. The molecule has 32 heavy (non-hydrogen) atoms. The van der Waals surface area contributed by atoms with Crippen LogP contribution in [0.5, 0.6) is 17.2 Å². The minimum Gasteiger partial charge on any atom is -0.497 e. The Morgan fingerprint density at radius 2 is 1.69 bits per heavy atom.